The van der Waals surface area contributed by atoms with Crippen LogP contribution in [0.2, 0.25) is 0 Å². The Labute approximate surface area is 52.7 Å². The van der Waals surface area contributed by atoms with Gasteiger partial charge in [-0.05, 0) is 6.42 Å². The van der Waals surface area contributed by atoms with Crippen molar-refractivity contribution in [3.63, 3.8) is 0 Å². The molecule has 0 aromatic heterocycles. The van der Waals surface area contributed by atoms with E-state index >= 15 is 0 Å². The number of aliphatic carboxylic acids is 1. The lowest BCUT2D eigenvalue weighted by molar-refractivity contribution is -0.305. The van der Waals surface area contributed by atoms with Gasteiger partial charge in [-0.2, -0.15) is 0 Å². The van der Waals surface area contributed by atoms with E-state index in [9.17, 15) is 14.7 Å². The number of carbonyl (C=O) groups is 2. The fraction of sp³-hybridized carbons (Fsp3) is 0.600. The van der Waals surface area contributed by atoms with Crippen LogP contribution < -0.4 is 10.8 Å². The van der Waals surface area contributed by atoms with Crippen LogP contribution in [0.3, 0.4) is 0 Å². The van der Waals surface area contributed by atoms with E-state index in [1.165, 1.54) is 0 Å². The van der Waals surface area contributed by atoms with Gasteiger partial charge in [0.05, 0.1) is 6.54 Å². The number of Topliss-reactive ketones (excluding diaryl/α,β-unsaturated/α-hetero) is 1. The molecule has 0 spiro atoms. The topological polar surface area (TPSA) is 83.2 Å². The van der Waals surface area contributed by atoms with Crippen molar-refractivity contribution in [2.45, 2.75) is 12.8 Å². The minimum absolute atomic E-state index is 0.0150. The Morgan fingerprint density at radius 2 is 1.89 bits per heavy atom. The lowest BCUT2D eigenvalue weighted by Gasteiger charge is -1.97. The molecule has 0 aliphatic carbocycles. The highest BCUT2D eigenvalue weighted by Crippen LogP contribution is 1.86. The van der Waals surface area contributed by atoms with Crippen LogP contribution in [0.15, 0.2) is 0 Å². The second-order valence-electron chi connectivity index (χ2n) is 1.61. The highest BCUT2D eigenvalue weighted by molar-refractivity contribution is 5.83. The minimum atomic E-state index is -1.21. The maximum atomic E-state index is 10.3. The van der Waals surface area contributed by atoms with Gasteiger partial charge in [0.15, 0.2) is 0 Å². The van der Waals surface area contributed by atoms with Crippen molar-refractivity contribution in [1.29, 1.82) is 0 Å². The van der Waals surface area contributed by atoms with Crippen molar-refractivity contribution in [3.8, 4) is 0 Å². The molecule has 4 heteroatoms. The van der Waals surface area contributed by atoms with E-state index in [0.29, 0.717) is 0 Å². The predicted octanol–water partition coefficient (Wildman–Crippen LogP) is -1.96. The second-order valence-corrected chi connectivity index (χ2v) is 1.61. The molecule has 0 radical (unpaired) electrons. The van der Waals surface area contributed by atoms with Gasteiger partial charge >= 0.3 is 0 Å². The fourth-order valence-corrected chi connectivity index (χ4v) is 0.344. The number of carboxylic acids is 1. The van der Waals surface area contributed by atoms with Gasteiger partial charge in [-0.1, -0.05) is 0 Å². The normalized spacial score (nSPS) is 9.00. The molecule has 0 rings (SSSR count). The predicted molar refractivity (Wildman–Crippen MR) is 28.3 cm³/mol. The van der Waals surface area contributed by atoms with E-state index in [2.05, 4.69) is 0 Å². The molecule has 0 unspecified atom stereocenters. The molecule has 0 saturated carbocycles. The average Bonchev–Trinajstić information content (AvgIpc) is 1.83. The Bertz CT molecular complexity index is 121. The number of rotatable bonds is 4. The van der Waals surface area contributed by atoms with Crippen LogP contribution in [0.5, 0.6) is 0 Å². The molecule has 0 fully saturated rings. The highest BCUT2D eigenvalue weighted by Gasteiger charge is 1.96. The number of hydrogen-bond donors (Lipinski definition) is 1. The van der Waals surface area contributed by atoms with Crippen molar-refractivity contribution in [2.24, 2.45) is 5.73 Å². The third kappa shape index (κ3) is 4.96. The van der Waals surface area contributed by atoms with Gasteiger partial charge in [-0.25, -0.2) is 0 Å². The van der Waals surface area contributed by atoms with Crippen LogP contribution in [-0.2, 0) is 9.59 Å². The summed E-state index contributed by atoms with van der Waals surface area (Å²) >= 11 is 0. The van der Waals surface area contributed by atoms with Crippen LogP contribution in [0.25, 0.3) is 0 Å². The summed E-state index contributed by atoms with van der Waals surface area (Å²) in [5, 5.41) is 9.72. The van der Waals surface area contributed by atoms with Crippen LogP contribution in [-0.4, -0.2) is 18.3 Å². The molecule has 0 heterocycles. The summed E-state index contributed by atoms with van der Waals surface area (Å²) in [6.45, 7) is -0.0900. The van der Waals surface area contributed by atoms with E-state index < -0.39 is 5.97 Å². The van der Waals surface area contributed by atoms with Gasteiger partial charge in [0.1, 0.15) is 5.78 Å². The van der Waals surface area contributed by atoms with Crippen molar-refractivity contribution in [2.75, 3.05) is 6.54 Å². The SMILES string of the molecule is NCC(=O)CCC(=O)[O-]. The molecule has 2 N–H and O–H groups in total. The zero-order chi connectivity index (χ0) is 7.28. The first-order valence-electron chi connectivity index (χ1n) is 2.58. The van der Waals surface area contributed by atoms with Gasteiger partial charge in [0.2, 0.25) is 0 Å². The summed E-state index contributed by atoms with van der Waals surface area (Å²) in [4.78, 5) is 20.0. The van der Waals surface area contributed by atoms with Gasteiger partial charge in [-0.3, -0.25) is 4.79 Å². The Morgan fingerprint density at radius 1 is 1.33 bits per heavy atom. The van der Waals surface area contributed by atoms with Crippen molar-refractivity contribution < 1.29 is 14.7 Å². The molecular weight excluding hydrogens is 122 g/mol. The Hall–Kier alpha value is -0.900. The first-order chi connectivity index (χ1) is 4.16. The first-order valence-corrected chi connectivity index (χ1v) is 2.58. The van der Waals surface area contributed by atoms with Crippen molar-refractivity contribution in [1.82, 2.24) is 0 Å². The summed E-state index contributed by atoms with van der Waals surface area (Å²) in [5.74, 6) is -1.46. The quantitative estimate of drug-likeness (QED) is 0.479. The van der Waals surface area contributed by atoms with Crippen molar-refractivity contribution >= 4 is 11.8 Å². The largest absolute Gasteiger partial charge is 0.550 e. The van der Waals surface area contributed by atoms with Crippen LogP contribution in [0, 0.1) is 0 Å². The summed E-state index contributed by atoms with van der Waals surface area (Å²) < 4.78 is 0. The Balaban J connectivity index is 3.28. The van der Waals surface area contributed by atoms with E-state index in [-0.39, 0.29) is 25.2 Å². The van der Waals surface area contributed by atoms with E-state index in [0.717, 1.165) is 0 Å². The maximum absolute atomic E-state index is 10.3. The van der Waals surface area contributed by atoms with Gasteiger partial charge in [0, 0.05) is 12.4 Å². The monoisotopic (exact) mass is 130 g/mol. The molecule has 0 atom stereocenters. The molecule has 0 saturated heterocycles. The van der Waals surface area contributed by atoms with Gasteiger partial charge < -0.3 is 15.6 Å². The molecule has 0 amide bonds. The lowest BCUT2D eigenvalue weighted by atomic mass is 10.2. The molecular formula is C5H8NO3-. The van der Waals surface area contributed by atoms with Gasteiger partial charge in [-0.15, -0.1) is 0 Å². The second kappa shape index (κ2) is 4.03. The standard InChI is InChI=1S/C5H9NO3/c6-3-4(7)1-2-5(8)9/h1-3,6H2,(H,8,9)/p-1. The molecule has 0 aromatic rings. The molecule has 0 aliphatic heterocycles. The molecule has 0 bridgehead atoms. The number of carbonyl (C=O) groups excluding carboxylic acids is 2. The summed E-state index contributed by atoms with van der Waals surface area (Å²) in [6, 6.07) is 0. The van der Waals surface area contributed by atoms with E-state index in [4.69, 9.17) is 5.73 Å². The highest BCUT2D eigenvalue weighted by atomic mass is 16.4. The zero-order valence-corrected chi connectivity index (χ0v) is 4.92. The van der Waals surface area contributed by atoms with E-state index in [1.807, 2.05) is 0 Å². The Kier molecular flexibility index (Phi) is 3.62. The third-order valence-electron chi connectivity index (χ3n) is 0.836. The fourth-order valence-electron chi connectivity index (χ4n) is 0.344. The summed E-state index contributed by atoms with van der Waals surface area (Å²) in [5.41, 5.74) is 4.90. The smallest absolute Gasteiger partial charge is 0.146 e. The minimum Gasteiger partial charge on any atom is -0.550 e. The van der Waals surface area contributed by atoms with E-state index in [1.54, 1.807) is 0 Å². The molecule has 0 aliphatic rings. The first kappa shape index (κ1) is 8.10. The van der Waals surface area contributed by atoms with Crippen LogP contribution in [0.1, 0.15) is 12.8 Å². The Morgan fingerprint density at radius 3 is 2.22 bits per heavy atom. The zero-order valence-electron chi connectivity index (χ0n) is 4.92. The number of carboxylic acid groups (broad SMARTS) is 1. The van der Waals surface area contributed by atoms with Crippen LogP contribution >= 0.6 is 0 Å². The average molecular weight is 130 g/mol. The molecule has 52 valence electrons. The number of ketones is 1. The van der Waals surface area contributed by atoms with Crippen LogP contribution in [0.4, 0.5) is 0 Å². The molecule has 0 aromatic carbocycles. The molecule has 9 heavy (non-hydrogen) atoms. The lowest BCUT2D eigenvalue weighted by Crippen LogP contribution is -2.24. The molecule has 4 nitrogen and oxygen atoms in total. The number of hydrogen-bond acceptors (Lipinski definition) is 4. The maximum Gasteiger partial charge on any atom is 0.146 e. The number of nitrogens with two attached hydrogens (primary N) is 1. The third-order valence-corrected chi connectivity index (χ3v) is 0.836. The van der Waals surface area contributed by atoms with Crippen molar-refractivity contribution in [3.05, 3.63) is 0 Å². The summed E-state index contributed by atoms with van der Waals surface area (Å²) in [6.07, 6.45) is -0.241. The summed E-state index contributed by atoms with van der Waals surface area (Å²) in [7, 11) is 0. The van der Waals surface area contributed by atoms with Gasteiger partial charge in [0.25, 0.3) is 0 Å².